The lowest BCUT2D eigenvalue weighted by molar-refractivity contribution is 0.632. The molecule has 0 N–H and O–H groups in total. The van der Waals surface area contributed by atoms with Gasteiger partial charge in [-0.05, 0) is 129 Å². The molecule has 2 aliphatic rings. The lowest BCUT2D eigenvalue weighted by Gasteiger charge is -2.42. The number of hydrogen-bond donors (Lipinski definition) is 0. The van der Waals surface area contributed by atoms with E-state index in [1.165, 1.54) is 43.8 Å². The first kappa shape index (κ1) is 29.8. The molecule has 9 rings (SSSR count). The number of nitrogens with zero attached hydrogens (tertiary/aromatic N) is 4. The van der Waals surface area contributed by atoms with Gasteiger partial charge in [0.1, 0.15) is 0 Å². The number of anilines is 6. The Labute approximate surface area is 292 Å². The van der Waals surface area contributed by atoms with Gasteiger partial charge in [0.05, 0.1) is 41.0 Å². The first-order chi connectivity index (χ1) is 24.2. The molecule has 4 nitrogen and oxygen atoms in total. The van der Waals surface area contributed by atoms with E-state index in [9.17, 15) is 5.26 Å². The van der Waals surface area contributed by atoms with Crippen LogP contribution in [-0.2, 0) is 10.8 Å². The third kappa shape index (κ3) is 4.22. The lowest BCUT2D eigenvalue weighted by Crippen LogP contribution is -2.30. The molecule has 2 aliphatic heterocycles. The SMILES string of the molecule is [C-]#[N+]c1ccc(N2c3ccccc3C(C)(C)c3cc4cc5cc6c(cc5cc4cc32)C(C)(C)c2ccccc2N6c2ccc(C#N)cc2)cc1. The van der Waals surface area contributed by atoms with Crippen molar-refractivity contribution in [3.8, 4) is 6.07 Å². The molecule has 0 radical (unpaired) electrons. The number of rotatable bonds is 2. The molecule has 7 aromatic rings. The lowest BCUT2D eigenvalue weighted by atomic mass is 9.72. The van der Waals surface area contributed by atoms with Crippen molar-refractivity contribution < 1.29 is 0 Å². The maximum absolute atomic E-state index is 9.50. The summed E-state index contributed by atoms with van der Waals surface area (Å²) >= 11 is 0. The predicted molar refractivity (Wildman–Crippen MR) is 206 cm³/mol. The molecule has 50 heavy (non-hydrogen) atoms. The van der Waals surface area contributed by atoms with Crippen molar-refractivity contribution in [2.45, 2.75) is 38.5 Å². The molecule has 238 valence electrons. The van der Waals surface area contributed by atoms with E-state index in [-0.39, 0.29) is 10.8 Å². The second-order valence-corrected chi connectivity index (χ2v) is 14.5. The summed E-state index contributed by atoms with van der Waals surface area (Å²) in [5, 5.41) is 14.3. The average Bonchev–Trinajstić information content (AvgIpc) is 3.14. The van der Waals surface area contributed by atoms with Crippen LogP contribution in [0.3, 0.4) is 0 Å². The van der Waals surface area contributed by atoms with Crippen molar-refractivity contribution >= 4 is 61.4 Å². The fourth-order valence-corrected chi connectivity index (χ4v) is 8.31. The van der Waals surface area contributed by atoms with Crippen LogP contribution in [0.25, 0.3) is 26.4 Å². The van der Waals surface area contributed by atoms with E-state index in [0.717, 1.165) is 34.1 Å². The van der Waals surface area contributed by atoms with Gasteiger partial charge in [-0.25, -0.2) is 4.85 Å². The van der Waals surface area contributed by atoms with Gasteiger partial charge in [-0.3, -0.25) is 0 Å². The van der Waals surface area contributed by atoms with Gasteiger partial charge in [-0.1, -0.05) is 76.2 Å². The van der Waals surface area contributed by atoms with Gasteiger partial charge < -0.3 is 9.80 Å². The first-order valence-electron chi connectivity index (χ1n) is 17.0. The van der Waals surface area contributed by atoms with Crippen molar-refractivity contribution in [2.75, 3.05) is 9.80 Å². The Morgan fingerprint density at radius 2 is 0.920 bits per heavy atom. The molecule has 0 fully saturated rings. The van der Waals surface area contributed by atoms with Gasteiger partial charge in [-0.15, -0.1) is 0 Å². The molecule has 2 heterocycles. The van der Waals surface area contributed by atoms with Crippen LogP contribution in [0.1, 0.15) is 55.5 Å². The zero-order valence-electron chi connectivity index (χ0n) is 28.5. The highest BCUT2D eigenvalue weighted by Crippen LogP contribution is 2.55. The molecule has 0 unspecified atom stereocenters. The molecular formula is C46H34N4. The molecule has 0 saturated carbocycles. The summed E-state index contributed by atoms with van der Waals surface area (Å²) in [5.41, 5.74) is 12.6. The quantitative estimate of drug-likeness (QED) is 0.139. The Balaban J connectivity index is 1.28. The standard InChI is InChI=1S/C46H34N4/c1-45(2)37-10-6-8-12-41(37)49(35-18-14-29(28-47)15-19-35)43-26-32-22-31-25-40-44(27-33(31)23-30(32)24-39(43)45)50(36-20-16-34(48-5)17-21-36)42-13-9-7-11-38(42)46(40,3)4/h6-27H,1-4H3. The molecule has 0 aliphatic carbocycles. The minimum Gasteiger partial charge on any atom is -0.310 e. The van der Waals surface area contributed by atoms with Gasteiger partial charge in [0, 0.05) is 22.2 Å². The van der Waals surface area contributed by atoms with Crippen LogP contribution < -0.4 is 9.80 Å². The minimum atomic E-state index is -0.226. The molecule has 0 spiro atoms. The molecular weight excluding hydrogens is 609 g/mol. The number of hydrogen-bond acceptors (Lipinski definition) is 3. The normalized spacial score (nSPS) is 15.0. The first-order valence-corrected chi connectivity index (χ1v) is 17.0. The largest absolute Gasteiger partial charge is 0.310 e. The topological polar surface area (TPSA) is 34.6 Å². The molecule has 7 aromatic carbocycles. The smallest absolute Gasteiger partial charge is 0.187 e. The van der Waals surface area contributed by atoms with Crippen LogP contribution in [0.2, 0.25) is 0 Å². The fourth-order valence-electron chi connectivity index (χ4n) is 8.31. The molecule has 0 atom stereocenters. The monoisotopic (exact) mass is 642 g/mol. The van der Waals surface area contributed by atoms with Crippen LogP contribution in [0.15, 0.2) is 133 Å². The van der Waals surface area contributed by atoms with E-state index in [1.807, 2.05) is 24.3 Å². The van der Waals surface area contributed by atoms with Crippen LogP contribution in [0.5, 0.6) is 0 Å². The van der Waals surface area contributed by atoms with Gasteiger partial charge in [0.2, 0.25) is 0 Å². The highest BCUT2D eigenvalue weighted by atomic mass is 15.2. The zero-order valence-corrected chi connectivity index (χ0v) is 28.5. The summed E-state index contributed by atoms with van der Waals surface area (Å²) in [4.78, 5) is 8.35. The second-order valence-electron chi connectivity index (χ2n) is 14.5. The molecule has 0 saturated heterocycles. The number of benzene rings is 7. The van der Waals surface area contributed by atoms with E-state index < -0.39 is 0 Å². The van der Waals surface area contributed by atoms with Gasteiger partial charge in [0.15, 0.2) is 5.69 Å². The Morgan fingerprint density at radius 3 is 1.36 bits per heavy atom. The summed E-state index contributed by atoms with van der Waals surface area (Å²) in [6.45, 7) is 16.8. The maximum Gasteiger partial charge on any atom is 0.187 e. The van der Waals surface area contributed by atoms with Crippen molar-refractivity contribution in [3.63, 3.8) is 0 Å². The molecule has 0 bridgehead atoms. The van der Waals surface area contributed by atoms with Crippen LogP contribution in [-0.4, -0.2) is 0 Å². The predicted octanol–water partition coefficient (Wildman–Crippen LogP) is 12.6. The van der Waals surface area contributed by atoms with E-state index in [0.29, 0.717) is 11.3 Å². The highest BCUT2D eigenvalue weighted by Gasteiger charge is 2.39. The highest BCUT2D eigenvalue weighted by molar-refractivity contribution is 6.04. The van der Waals surface area contributed by atoms with Crippen molar-refractivity contribution in [2.24, 2.45) is 0 Å². The number of fused-ring (bicyclic) bond motifs is 6. The number of nitriles is 1. The second kappa shape index (κ2) is 10.6. The molecule has 4 heteroatoms. The third-order valence-electron chi connectivity index (χ3n) is 11.0. The fraction of sp³-hybridized carbons (Fsp3) is 0.130. The van der Waals surface area contributed by atoms with Crippen molar-refractivity contribution in [1.29, 1.82) is 5.26 Å². The Morgan fingerprint density at radius 1 is 0.500 bits per heavy atom. The summed E-state index contributed by atoms with van der Waals surface area (Å²) in [6, 6.07) is 49.6. The van der Waals surface area contributed by atoms with Gasteiger partial charge >= 0.3 is 0 Å². The average molecular weight is 643 g/mol. The number of para-hydroxylation sites is 2. The van der Waals surface area contributed by atoms with E-state index in [1.54, 1.807) is 0 Å². The van der Waals surface area contributed by atoms with Crippen molar-refractivity contribution in [1.82, 2.24) is 0 Å². The molecule has 0 amide bonds. The van der Waals surface area contributed by atoms with Gasteiger partial charge in [-0.2, -0.15) is 5.26 Å². The maximum atomic E-state index is 9.50. The summed E-state index contributed by atoms with van der Waals surface area (Å²) in [6.07, 6.45) is 0. The summed E-state index contributed by atoms with van der Waals surface area (Å²) in [7, 11) is 0. The Kier molecular flexibility index (Phi) is 6.29. The summed E-state index contributed by atoms with van der Waals surface area (Å²) < 4.78 is 0. The zero-order chi connectivity index (χ0) is 34.4. The van der Waals surface area contributed by atoms with Gasteiger partial charge in [0.25, 0.3) is 0 Å². The van der Waals surface area contributed by atoms with E-state index >= 15 is 0 Å². The van der Waals surface area contributed by atoms with Crippen molar-refractivity contribution in [3.05, 3.63) is 173 Å². The third-order valence-corrected chi connectivity index (χ3v) is 11.0. The van der Waals surface area contributed by atoms with Crippen LogP contribution >= 0.6 is 0 Å². The van der Waals surface area contributed by atoms with E-state index in [4.69, 9.17) is 6.57 Å². The van der Waals surface area contributed by atoms with Crippen LogP contribution in [0.4, 0.5) is 39.8 Å². The van der Waals surface area contributed by atoms with Crippen LogP contribution in [0, 0.1) is 17.9 Å². The Hall–Kier alpha value is -6.36. The summed E-state index contributed by atoms with van der Waals surface area (Å²) in [5.74, 6) is 0. The Bertz CT molecular complexity index is 2430. The minimum absolute atomic E-state index is 0.224. The molecule has 0 aromatic heterocycles. The van der Waals surface area contributed by atoms with E-state index in [2.05, 4.69) is 158 Å².